The van der Waals surface area contributed by atoms with Crippen molar-refractivity contribution in [1.29, 1.82) is 0 Å². The van der Waals surface area contributed by atoms with E-state index in [9.17, 15) is 9.59 Å². The quantitative estimate of drug-likeness (QED) is 0.278. The van der Waals surface area contributed by atoms with Crippen LogP contribution in [-0.2, 0) is 9.53 Å². The van der Waals surface area contributed by atoms with Crippen molar-refractivity contribution in [2.75, 3.05) is 21.2 Å². The fourth-order valence-electron chi connectivity index (χ4n) is 1.92. The Morgan fingerprint density at radius 3 is 2.10 bits per heavy atom. The number of hydrogen-bond acceptors (Lipinski definition) is 4. The van der Waals surface area contributed by atoms with E-state index in [1.54, 1.807) is 19.0 Å². The number of carbonyl (C=O) groups is 2. The summed E-state index contributed by atoms with van der Waals surface area (Å²) in [6.07, 6.45) is 1.49. The fourth-order valence-corrected chi connectivity index (χ4v) is 1.92. The van der Waals surface area contributed by atoms with E-state index in [-0.39, 0.29) is 11.4 Å². The zero-order valence-electron chi connectivity index (χ0n) is 12.9. The molecule has 1 aromatic rings. The van der Waals surface area contributed by atoms with Gasteiger partial charge in [0.1, 0.15) is 5.57 Å². The number of methoxy groups -OCH3 is 1. The van der Waals surface area contributed by atoms with Gasteiger partial charge < -0.3 is 9.64 Å². The monoisotopic (exact) mass is 275 g/mol. The number of ether oxygens (including phenoxy) is 1. The lowest BCUT2D eigenvalue weighted by Gasteiger charge is -2.12. The van der Waals surface area contributed by atoms with Gasteiger partial charge in [0.2, 0.25) is 5.78 Å². The molecule has 0 aliphatic carbocycles. The number of Topliss-reactive ketones (excluding diaryl/α,β-unsaturated/α-hetero) is 1. The number of nitrogens with zero attached hydrogens (tertiary/aromatic N) is 1. The predicted octanol–water partition coefficient (Wildman–Crippen LogP) is 2.41. The lowest BCUT2D eigenvalue weighted by molar-refractivity contribution is -0.135. The summed E-state index contributed by atoms with van der Waals surface area (Å²) >= 11 is 0. The highest BCUT2D eigenvalue weighted by Gasteiger charge is 2.22. The summed E-state index contributed by atoms with van der Waals surface area (Å²) in [6.45, 7) is 5.80. The smallest absolute Gasteiger partial charge is 0.343 e. The molecule has 1 aromatic carbocycles. The molecular formula is C16H21NO3. The van der Waals surface area contributed by atoms with Gasteiger partial charge in [0.15, 0.2) is 0 Å². The average Bonchev–Trinajstić information content (AvgIpc) is 2.38. The molecule has 0 heterocycles. The van der Waals surface area contributed by atoms with Crippen LogP contribution in [0.2, 0.25) is 0 Å². The summed E-state index contributed by atoms with van der Waals surface area (Å²) in [5.74, 6) is -0.938. The molecule has 20 heavy (non-hydrogen) atoms. The highest BCUT2D eigenvalue weighted by Crippen LogP contribution is 2.19. The Hall–Kier alpha value is -2.10. The number of benzene rings is 1. The Balaban J connectivity index is 3.33. The van der Waals surface area contributed by atoms with Crippen LogP contribution >= 0.6 is 0 Å². The Morgan fingerprint density at radius 1 is 1.05 bits per heavy atom. The minimum Gasteiger partial charge on any atom is -0.465 e. The molecule has 0 unspecified atom stereocenters. The van der Waals surface area contributed by atoms with Crippen molar-refractivity contribution < 1.29 is 14.3 Å². The Morgan fingerprint density at radius 2 is 1.60 bits per heavy atom. The minimum absolute atomic E-state index is 0.0313. The molecule has 0 spiro atoms. The molecule has 0 fully saturated rings. The summed E-state index contributed by atoms with van der Waals surface area (Å²) < 4.78 is 4.69. The number of ketones is 1. The van der Waals surface area contributed by atoms with Crippen molar-refractivity contribution in [1.82, 2.24) is 4.90 Å². The lowest BCUT2D eigenvalue weighted by Crippen LogP contribution is -2.19. The predicted molar refractivity (Wildman–Crippen MR) is 78.8 cm³/mol. The van der Waals surface area contributed by atoms with Gasteiger partial charge in [-0.15, -0.1) is 0 Å². The number of esters is 1. The number of aryl methyl sites for hydroxylation is 3. The van der Waals surface area contributed by atoms with Crippen molar-refractivity contribution in [3.8, 4) is 0 Å². The van der Waals surface area contributed by atoms with Crippen LogP contribution in [0.5, 0.6) is 0 Å². The van der Waals surface area contributed by atoms with Crippen molar-refractivity contribution >= 4 is 11.8 Å². The molecule has 0 saturated heterocycles. The van der Waals surface area contributed by atoms with E-state index in [4.69, 9.17) is 4.74 Å². The molecule has 0 N–H and O–H groups in total. The summed E-state index contributed by atoms with van der Waals surface area (Å²) in [4.78, 5) is 26.0. The standard InChI is InChI=1S/C16H21NO3/c1-10-7-12(3)13(8-11(10)2)15(18)14(9-17(4)5)16(19)20-6/h7-9H,1-6H3/b14-9-. The van der Waals surface area contributed by atoms with Crippen molar-refractivity contribution in [2.24, 2.45) is 0 Å². The minimum atomic E-state index is -0.624. The molecule has 4 heteroatoms. The molecule has 0 aromatic heterocycles. The molecule has 0 atom stereocenters. The average molecular weight is 275 g/mol. The Bertz CT molecular complexity index is 571. The van der Waals surface area contributed by atoms with Crippen LogP contribution in [0.15, 0.2) is 23.9 Å². The van der Waals surface area contributed by atoms with Gasteiger partial charge in [-0.25, -0.2) is 4.79 Å². The topological polar surface area (TPSA) is 46.6 Å². The number of rotatable bonds is 4. The lowest BCUT2D eigenvalue weighted by atomic mass is 9.95. The molecule has 0 bridgehead atoms. The first-order valence-electron chi connectivity index (χ1n) is 6.37. The zero-order valence-corrected chi connectivity index (χ0v) is 12.9. The van der Waals surface area contributed by atoms with Crippen LogP contribution in [0, 0.1) is 20.8 Å². The third-order valence-corrected chi connectivity index (χ3v) is 3.12. The maximum absolute atomic E-state index is 12.6. The van der Waals surface area contributed by atoms with Crippen LogP contribution in [0.25, 0.3) is 0 Å². The van der Waals surface area contributed by atoms with Crippen LogP contribution in [0.4, 0.5) is 0 Å². The fraction of sp³-hybridized carbons (Fsp3) is 0.375. The third kappa shape index (κ3) is 3.47. The maximum atomic E-state index is 12.6. The molecule has 0 amide bonds. The van der Waals surface area contributed by atoms with Gasteiger partial charge in [-0.2, -0.15) is 0 Å². The highest BCUT2D eigenvalue weighted by molar-refractivity contribution is 6.24. The van der Waals surface area contributed by atoms with Gasteiger partial charge in [0.05, 0.1) is 7.11 Å². The van der Waals surface area contributed by atoms with E-state index in [2.05, 4.69) is 0 Å². The van der Waals surface area contributed by atoms with Crippen LogP contribution in [0.1, 0.15) is 27.0 Å². The van der Waals surface area contributed by atoms with Gasteiger partial charge in [-0.05, 0) is 43.5 Å². The molecule has 108 valence electrons. The first kappa shape index (κ1) is 16.0. The number of carbonyl (C=O) groups excluding carboxylic acids is 2. The second kappa shape index (κ2) is 6.37. The highest BCUT2D eigenvalue weighted by atomic mass is 16.5. The second-order valence-electron chi connectivity index (χ2n) is 5.08. The Kier molecular flexibility index (Phi) is 5.08. The summed E-state index contributed by atoms with van der Waals surface area (Å²) in [5.41, 5.74) is 3.56. The van der Waals surface area contributed by atoms with E-state index in [1.807, 2.05) is 32.9 Å². The second-order valence-corrected chi connectivity index (χ2v) is 5.08. The molecular weight excluding hydrogens is 254 g/mol. The first-order valence-corrected chi connectivity index (χ1v) is 6.37. The van der Waals surface area contributed by atoms with Crippen molar-refractivity contribution in [2.45, 2.75) is 20.8 Å². The molecule has 0 radical (unpaired) electrons. The van der Waals surface area contributed by atoms with E-state index in [1.165, 1.54) is 13.3 Å². The van der Waals surface area contributed by atoms with E-state index in [0.717, 1.165) is 16.7 Å². The van der Waals surface area contributed by atoms with E-state index in [0.29, 0.717) is 5.56 Å². The SMILES string of the molecule is COC(=O)/C(=C\N(C)C)C(=O)c1cc(C)c(C)cc1C. The molecule has 4 nitrogen and oxygen atoms in total. The van der Waals surface area contributed by atoms with E-state index < -0.39 is 5.97 Å². The van der Waals surface area contributed by atoms with Gasteiger partial charge in [-0.1, -0.05) is 6.07 Å². The molecule has 0 aliphatic rings. The third-order valence-electron chi connectivity index (χ3n) is 3.12. The number of hydrogen-bond donors (Lipinski definition) is 0. The summed E-state index contributed by atoms with van der Waals surface area (Å²) in [6, 6.07) is 3.77. The van der Waals surface area contributed by atoms with Gasteiger partial charge in [-0.3, -0.25) is 4.79 Å². The summed E-state index contributed by atoms with van der Waals surface area (Å²) in [5, 5.41) is 0. The maximum Gasteiger partial charge on any atom is 0.343 e. The van der Waals surface area contributed by atoms with Gasteiger partial charge in [0, 0.05) is 25.9 Å². The van der Waals surface area contributed by atoms with Gasteiger partial charge in [0.25, 0.3) is 0 Å². The van der Waals surface area contributed by atoms with Crippen LogP contribution in [-0.4, -0.2) is 37.9 Å². The van der Waals surface area contributed by atoms with Gasteiger partial charge >= 0.3 is 5.97 Å². The van der Waals surface area contributed by atoms with Crippen molar-refractivity contribution in [3.05, 3.63) is 46.2 Å². The van der Waals surface area contributed by atoms with Crippen LogP contribution in [0.3, 0.4) is 0 Å². The molecule has 0 saturated carbocycles. The Labute approximate surface area is 120 Å². The van der Waals surface area contributed by atoms with Crippen LogP contribution < -0.4 is 0 Å². The first-order chi connectivity index (χ1) is 9.27. The van der Waals surface area contributed by atoms with E-state index >= 15 is 0 Å². The van der Waals surface area contributed by atoms with Crippen molar-refractivity contribution in [3.63, 3.8) is 0 Å². The molecule has 1 rings (SSSR count). The largest absolute Gasteiger partial charge is 0.465 e. The normalized spacial score (nSPS) is 11.2. The zero-order chi connectivity index (χ0) is 15.4. The summed E-state index contributed by atoms with van der Waals surface area (Å²) in [7, 11) is 4.78. The molecule has 0 aliphatic heterocycles.